The number of cyclic esters (lactones) is 1. The zero-order valence-corrected chi connectivity index (χ0v) is 38.6. The minimum Gasteiger partial charge on any atom is -0.457 e. The number of aryl methyl sites for hydroxylation is 1. The van der Waals surface area contributed by atoms with Crippen LogP contribution < -0.4 is 0 Å². The van der Waals surface area contributed by atoms with Gasteiger partial charge in [-0.1, -0.05) is 34.6 Å². The Bertz CT molecular complexity index is 1710. The first kappa shape index (κ1) is 50.5. The maximum Gasteiger partial charge on any atom is 0.351 e. The predicted molar refractivity (Wildman–Crippen MR) is 228 cm³/mol. The highest BCUT2D eigenvalue weighted by atomic mass is 19.1. The molecule has 0 aromatic carbocycles. The van der Waals surface area contributed by atoms with Crippen LogP contribution in [0, 0.1) is 17.8 Å². The van der Waals surface area contributed by atoms with Crippen molar-refractivity contribution in [3.63, 3.8) is 0 Å². The van der Waals surface area contributed by atoms with Crippen LogP contribution in [0.2, 0.25) is 0 Å². The molecule has 2 aromatic rings. The van der Waals surface area contributed by atoms with Gasteiger partial charge in [0.15, 0.2) is 12.1 Å². The van der Waals surface area contributed by atoms with E-state index in [2.05, 4.69) is 9.97 Å². The van der Waals surface area contributed by atoms with E-state index in [4.69, 9.17) is 28.4 Å². The van der Waals surface area contributed by atoms with Gasteiger partial charge in [0.2, 0.25) is 0 Å². The van der Waals surface area contributed by atoms with Crippen molar-refractivity contribution >= 4 is 17.5 Å². The van der Waals surface area contributed by atoms with E-state index in [0.29, 0.717) is 19.3 Å². The summed E-state index contributed by atoms with van der Waals surface area (Å²) in [5.41, 5.74) is -4.15. The van der Waals surface area contributed by atoms with Crippen molar-refractivity contribution in [3.8, 4) is 11.3 Å². The van der Waals surface area contributed by atoms with E-state index < -0.39 is 77.1 Å². The van der Waals surface area contributed by atoms with Gasteiger partial charge >= 0.3 is 5.97 Å². The summed E-state index contributed by atoms with van der Waals surface area (Å²) < 4.78 is 57.0. The maximum absolute atomic E-state index is 17.0. The number of imidazole rings is 1. The number of aromatic nitrogens is 3. The van der Waals surface area contributed by atoms with E-state index in [-0.39, 0.29) is 44.0 Å². The highest BCUT2D eigenvalue weighted by Crippen LogP contribution is 2.41. The van der Waals surface area contributed by atoms with E-state index in [1.807, 2.05) is 55.7 Å². The zero-order chi connectivity index (χ0) is 45.3. The quantitative estimate of drug-likeness (QED) is 0.112. The largest absolute Gasteiger partial charge is 0.457 e. The van der Waals surface area contributed by atoms with Crippen molar-refractivity contribution in [2.45, 2.75) is 174 Å². The summed E-state index contributed by atoms with van der Waals surface area (Å²) >= 11 is 0. The lowest BCUT2D eigenvalue weighted by molar-refractivity contribution is -0.295. The number of rotatable bonds is 16. The summed E-state index contributed by atoms with van der Waals surface area (Å²) in [7, 11) is 5.11. The highest BCUT2D eigenvalue weighted by Gasteiger charge is 2.57. The Kier molecular flexibility index (Phi) is 18.2. The average Bonchev–Trinajstić information content (AvgIpc) is 3.72. The molecule has 2 aliphatic rings. The summed E-state index contributed by atoms with van der Waals surface area (Å²) in [6, 6.07) is 3.50. The third-order valence-corrected chi connectivity index (χ3v) is 12.8. The molecule has 1 N–H and O–H groups in total. The van der Waals surface area contributed by atoms with Crippen LogP contribution >= 0.6 is 0 Å². The van der Waals surface area contributed by atoms with Crippen LogP contribution in [0.25, 0.3) is 11.3 Å². The van der Waals surface area contributed by atoms with Crippen LogP contribution in [0.1, 0.15) is 107 Å². The number of Topliss-reactive ketones (excluding diaryl/α,β-unsaturated/α-hetero) is 2. The monoisotopic (exact) mass is 861 g/mol. The number of carbonyl (C=O) groups excluding carboxylic acids is 3. The number of aliphatic hydroxyl groups excluding tert-OH is 1. The number of nitrogens with zero attached hydrogens (tertiary/aromatic N) is 4. The Morgan fingerprint density at radius 2 is 1.74 bits per heavy atom. The number of pyridine rings is 1. The van der Waals surface area contributed by atoms with Gasteiger partial charge < -0.3 is 43.0 Å². The van der Waals surface area contributed by atoms with Crippen LogP contribution in [-0.2, 0) is 49.3 Å². The molecule has 344 valence electrons. The predicted octanol–water partition coefficient (Wildman–Crippen LogP) is 6.40. The van der Waals surface area contributed by atoms with Crippen LogP contribution in [0.4, 0.5) is 4.39 Å². The molecule has 13 atom stereocenters. The molecule has 0 radical (unpaired) electrons. The van der Waals surface area contributed by atoms with Crippen LogP contribution in [0.15, 0.2) is 37.1 Å². The number of ketones is 2. The summed E-state index contributed by atoms with van der Waals surface area (Å²) in [4.78, 5) is 53.7. The third kappa shape index (κ3) is 11.9. The minimum atomic E-state index is -3.12. The second kappa shape index (κ2) is 21.9. The Hall–Kier alpha value is -3.18. The molecule has 2 aromatic heterocycles. The second-order valence-electron chi connectivity index (χ2n) is 18.0. The van der Waals surface area contributed by atoms with E-state index in [0.717, 1.165) is 37.6 Å². The van der Waals surface area contributed by atoms with Gasteiger partial charge in [0, 0.05) is 74.8 Å². The molecule has 0 aliphatic carbocycles. The topological polar surface area (TPSA) is 161 Å². The molecule has 14 nitrogen and oxygen atoms in total. The molecule has 0 bridgehead atoms. The van der Waals surface area contributed by atoms with Crippen molar-refractivity contribution in [1.29, 1.82) is 0 Å². The first-order chi connectivity index (χ1) is 28.7. The number of carbonyl (C=O) groups is 3. The molecule has 4 heterocycles. The molecule has 1 unspecified atom stereocenters. The van der Waals surface area contributed by atoms with Gasteiger partial charge in [0.1, 0.15) is 23.6 Å². The molecule has 0 amide bonds. The number of hydrogen-bond acceptors (Lipinski definition) is 13. The number of esters is 1. The number of methoxy groups -OCH3 is 1. The molecule has 2 fully saturated rings. The summed E-state index contributed by atoms with van der Waals surface area (Å²) in [6.45, 7) is 16.2. The minimum absolute atomic E-state index is 0.0467. The summed E-state index contributed by atoms with van der Waals surface area (Å²) in [5.74, 6) is -5.44. The fraction of sp³-hybridized carbons (Fsp3) is 0.761. The van der Waals surface area contributed by atoms with Gasteiger partial charge in [-0.2, -0.15) is 0 Å². The van der Waals surface area contributed by atoms with Crippen molar-refractivity contribution < 1.29 is 52.3 Å². The molecule has 2 aliphatic heterocycles. The zero-order valence-electron chi connectivity index (χ0n) is 38.6. The average molecular weight is 861 g/mol. The molecular formula is C46H73FN4O10. The van der Waals surface area contributed by atoms with E-state index in [1.165, 1.54) is 14.0 Å². The number of likely N-dealkylation sites (N-methyl/N-ethyl adjacent to an activating group) is 1. The number of aliphatic hydroxyl groups is 1. The Morgan fingerprint density at radius 3 is 2.36 bits per heavy atom. The van der Waals surface area contributed by atoms with Crippen LogP contribution in [0.3, 0.4) is 0 Å². The van der Waals surface area contributed by atoms with E-state index in [1.54, 1.807) is 53.3 Å². The summed E-state index contributed by atoms with van der Waals surface area (Å²) in [6.07, 6.45) is 5.01. The molecule has 4 rings (SSSR count). The molecular weight excluding hydrogens is 788 g/mol. The first-order valence-electron chi connectivity index (χ1n) is 22.1. The Labute approximate surface area is 362 Å². The van der Waals surface area contributed by atoms with Gasteiger partial charge in [-0.15, -0.1) is 0 Å². The van der Waals surface area contributed by atoms with Crippen LogP contribution in [0.5, 0.6) is 0 Å². The summed E-state index contributed by atoms with van der Waals surface area (Å²) in [5, 5.41) is 11.4. The number of alkyl halides is 1. The molecule has 61 heavy (non-hydrogen) atoms. The lowest BCUT2D eigenvalue weighted by atomic mass is 9.73. The normalized spacial score (nSPS) is 35.9. The first-order valence-corrected chi connectivity index (χ1v) is 22.1. The van der Waals surface area contributed by atoms with Gasteiger partial charge in [0.05, 0.1) is 35.9 Å². The third-order valence-electron chi connectivity index (χ3n) is 12.8. The Morgan fingerprint density at radius 1 is 1.02 bits per heavy atom. The molecule has 2 saturated heterocycles. The van der Waals surface area contributed by atoms with Gasteiger partial charge in [0.25, 0.3) is 5.67 Å². The van der Waals surface area contributed by atoms with E-state index in [9.17, 15) is 19.5 Å². The fourth-order valence-electron chi connectivity index (χ4n) is 9.14. The lowest BCUT2D eigenvalue weighted by Crippen LogP contribution is -2.62. The number of ether oxygens (including phenoxy) is 6. The lowest BCUT2D eigenvalue weighted by Gasteiger charge is -2.48. The standard InChI is InChI=1S/C46H73FN4O10/c1-13-22-58-46(9)36(14-2)60-43(55)45(8,47)39(54)32(6)40(61-42-38(53)35(50(10)11)24-30(4)59-42)44(7,56-12)25-29(3)37(52)31(5)41(46)57-23-17-15-16-21-51-27-34(49-28-51)33-19-18-20-48-26-33/h18-20,26-32,35-36,38,40-42,53H,13-17,21-25H2,1-12H3/t29-,30-,31-,32+,35+,36+,38-,40-,41?,42+,44+,45+,46-/m1/s1. The highest BCUT2D eigenvalue weighted by molar-refractivity contribution is 6.07. The Balaban J connectivity index is 1.65. The van der Waals surface area contributed by atoms with Gasteiger partial charge in [-0.25, -0.2) is 14.2 Å². The van der Waals surface area contributed by atoms with Gasteiger partial charge in [-0.3, -0.25) is 14.6 Å². The second-order valence-corrected chi connectivity index (χ2v) is 18.0. The van der Waals surface area contributed by atoms with Crippen molar-refractivity contribution in [1.82, 2.24) is 19.4 Å². The molecule has 0 saturated carbocycles. The number of halogens is 1. The van der Waals surface area contributed by atoms with Crippen LogP contribution in [-0.4, -0.2) is 136 Å². The van der Waals surface area contributed by atoms with Crippen molar-refractivity contribution in [3.05, 3.63) is 37.1 Å². The maximum atomic E-state index is 17.0. The van der Waals surface area contributed by atoms with Gasteiger partial charge in [-0.05, 0) is 98.9 Å². The van der Waals surface area contributed by atoms with Crippen molar-refractivity contribution in [2.24, 2.45) is 17.8 Å². The number of hydrogen-bond donors (Lipinski definition) is 1. The SMILES string of the molecule is CCCO[C@@]1(C)C(OCCCCCn2cnc(-c3cccnc3)c2)[C@H](C)C(=O)[C@H](C)C[C@](C)(OC)[C@H](O[C@@H]2O[C@H](C)C[C@H](N(C)C)[C@H]2O)[C@@H](C)C(=O)[C@](C)(F)C(=O)O[C@H]1CC. The number of unbranched alkanes of at least 4 members (excludes halogenated alkanes) is 2. The van der Waals surface area contributed by atoms with Crippen molar-refractivity contribution in [2.75, 3.05) is 34.4 Å². The molecule has 0 spiro atoms. The molecule has 15 heteroatoms. The van der Waals surface area contributed by atoms with E-state index >= 15 is 4.39 Å². The fourth-order valence-corrected chi connectivity index (χ4v) is 9.14. The smallest absolute Gasteiger partial charge is 0.351 e.